The summed E-state index contributed by atoms with van der Waals surface area (Å²) in [5.41, 5.74) is 0. The van der Waals surface area contributed by atoms with Crippen molar-refractivity contribution in [1.82, 2.24) is 10.2 Å². The molecular weight excluding hydrogens is 208 g/mol. The molecule has 0 aromatic carbocycles. The lowest BCUT2D eigenvalue weighted by atomic mass is 10.1. The molecule has 1 rings (SSSR count). The number of nitrogens with one attached hydrogen (secondary N) is 1. The standard InChI is InChI=1S/C11H18N2OS/c1-4-6-7-9-10(14)13(8(3)5-2)11(15)12-9/h5,8-9H,2,4,6-7H2,1,3H3,(H,12,15)/t8?,9-/m0/s1. The van der Waals surface area contributed by atoms with Crippen LogP contribution in [0.25, 0.3) is 0 Å². The Bertz CT molecular complexity index is 278. The van der Waals surface area contributed by atoms with Gasteiger partial charge in [0, 0.05) is 0 Å². The van der Waals surface area contributed by atoms with E-state index < -0.39 is 0 Å². The largest absolute Gasteiger partial charge is 0.350 e. The van der Waals surface area contributed by atoms with E-state index >= 15 is 0 Å². The molecule has 1 aliphatic heterocycles. The van der Waals surface area contributed by atoms with Crippen LogP contribution in [0.1, 0.15) is 33.1 Å². The summed E-state index contributed by atoms with van der Waals surface area (Å²) in [6.45, 7) is 7.71. The number of carbonyl (C=O) groups is 1. The first-order chi connectivity index (χ1) is 7.11. The summed E-state index contributed by atoms with van der Waals surface area (Å²) in [6, 6.07) is -0.149. The third kappa shape index (κ3) is 2.56. The first-order valence-electron chi connectivity index (χ1n) is 5.38. The third-order valence-corrected chi connectivity index (χ3v) is 2.96. The van der Waals surface area contributed by atoms with Crippen molar-refractivity contribution in [3.63, 3.8) is 0 Å². The smallest absolute Gasteiger partial charge is 0.251 e. The number of hydrogen-bond acceptors (Lipinski definition) is 2. The number of thiocarbonyl (C=S) groups is 1. The van der Waals surface area contributed by atoms with E-state index in [9.17, 15) is 4.79 Å². The van der Waals surface area contributed by atoms with E-state index in [1.807, 2.05) is 6.92 Å². The topological polar surface area (TPSA) is 32.3 Å². The predicted molar refractivity (Wildman–Crippen MR) is 65.6 cm³/mol. The van der Waals surface area contributed by atoms with Crippen LogP contribution in [-0.2, 0) is 4.79 Å². The van der Waals surface area contributed by atoms with Gasteiger partial charge in [0.1, 0.15) is 6.04 Å². The van der Waals surface area contributed by atoms with Crippen LogP contribution in [0.5, 0.6) is 0 Å². The van der Waals surface area contributed by atoms with Crippen LogP contribution < -0.4 is 5.32 Å². The quantitative estimate of drug-likeness (QED) is 0.573. The van der Waals surface area contributed by atoms with Gasteiger partial charge in [-0.1, -0.05) is 25.8 Å². The van der Waals surface area contributed by atoms with Crippen molar-refractivity contribution in [3.8, 4) is 0 Å². The van der Waals surface area contributed by atoms with Gasteiger partial charge in [-0.2, -0.15) is 0 Å². The second kappa shape index (κ2) is 5.26. The summed E-state index contributed by atoms with van der Waals surface area (Å²) in [5, 5.41) is 3.60. The van der Waals surface area contributed by atoms with Gasteiger partial charge in [0.05, 0.1) is 6.04 Å². The van der Waals surface area contributed by atoms with Crippen LogP contribution in [0.3, 0.4) is 0 Å². The minimum absolute atomic E-state index is 0.0240. The highest BCUT2D eigenvalue weighted by Gasteiger charge is 2.36. The molecule has 0 saturated carbocycles. The summed E-state index contributed by atoms with van der Waals surface area (Å²) >= 11 is 5.13. The fraction of sp³-hybridized carbons (Fsp3) is 0.636. The minimum atomic E-state index is -0.125. The van der Waals surface area contributed by atoms with Gasteiger partial charge >= 0.3 is 0 Å². The Kier molecular flexibility index (Phi) is 4.27. The van der Waals surface area contributed by atoms with E-state index in [1.165, 1.54) is 0 Å². The number of hydrogen-bond donors (Lipinski definition) is 1. The molecule has 1 unspecified atom stereocenters. The maximum atomic E-state index is 12.0. The maximum absolute atomic E-state index is 12.0. The van der Waals surface area contributed by atoms with E-state index in [4.69, 9.17) is 12.2 Å². The van der Waals surface area contributed by atoms with Crippen molar-refractivity contribution in [2.75, 3.05) is 0 Å². The third-order valence-electron chi connectivity index (χ3n) is 2.65. The Hall–Kier alpha value is -0.900. The molecule has 1 aliphatic rings. The highest BCUT2D eigenvalue weighted by Crippen LogP contribution is 2.15. The molecule has 4 heteroatoms. The molecule has 1 heterocycles. The molecule has 0 bridgehead atoms. The normalized spacial score (nSPS) is 22.8. The Morgan fingerprint density at radius 2 is 2.40 bits per heavy atom. The van der Waals surface area contributed by atoms with Gasteiger partial charge in [-0.3, -0.25) is 9.69 Å². The Morgan fingerprint density at radius 3 is 2.93 bits per heavy atom. The number of rotatable bonds is 5. The molecule has 0 spiro atoms. The average Bonchev–Trinajstić information content (AvgIpc) is 2.50. The predicted octanol–water partition coefficient (Wildman–Crippen LogP) is 1.84. The molecule has 15 heavy (non-hydrogen) atoms. The highest BCUT2D eigenvalue weighted by molar-refractivity contribution is 7.80. The van der Waals surface area contributed by atoms with Crippen molar-refractivity contribution in [3.05, 3.63) is 12.7 Å². The van der Waals surface area contributed by atoms with E-state index in [1.54, 1.807) is 11.0 Å². The van der Waals surface area contributed by atoms with Gasteiger partial charge in [0.25, 0.3) is 5.91 Å². The number of nitrogens with zero attached hydrogens (tertiary/aromatic N) is 1. The zero-order valence-electron chi connectivity index (χ0n) is 9.32. The molecule has 2 atom stereocenters. The van der Waals surface area contributed by atoms with Gasteiger partial charge in [0.2, 0.25) is 0 Å². The monoisotopic (exact) mass is 226 g/mol. The minimum Gasteiger partial charge on any atom is -0.350 e. The fourth-order valence-corrected chi connectivity index (χ4v) is 2.04. The molecule has 84 valence electrons. The second-order valence-electron chi connectivity index (χ2n) is 3.83. The molecule has 0 aromatic heterocycles. The molecule has 1 N–H and O–H groups in total. The second-order valence-corrected chi connectivity index (χ2v) is 4.22. The van der Waals surface area contributed by atoms with Gasteiger partial charge in [-0.15, -0.1) is 6.58 Å². The molecule has 0 aliphatic carbocycles. The highest BCUT2D eigenvalue weighted by atomic mass is 32.1. The summed E-state index contributed by atoms with van der Waals surface area (Å²) < 4.78 is 0. The molecule has 1 fully saturated rings. The van der Waals surface area contributed by atoms with Crippen molar-refractivity contribution in [2.45, 2.75) is 45.2 Å². The zero-order valence-corrected chi connectivity index (χ0v) is 10.1. The van der Waals surface area contributed by atoms with Crippen LogP contribution in [0.4, 0.5) is 0 Å². The summed E-state index contributed by atoms with van der Waals surface area (Å²) in [7, 11) is 0. The van der Waals surface area contributed by atoms with Crippen LogP contribution in [0, 0.1) is 0 Å². The molecule has 3 nitrogen and oxygen atoms in total. The van der Waals surface area contributed by atoms with Gasteiger partial charge in [-0.25, -0.2) is 0 Å². The first kappa shape index (κ1) is 12.2. The average molecular weight is 226 g/mol. The fourth-order valence-electron chi connectivity index (χ4n) is 1.64. The van der Waals surface area contributed by atoms with Crippen LogP contribution in [0.15, 0.2) is 12.7 Å². The van der Waals surface area contributed by atoms with Crippen LogP contribution in [0.2, 0.25) is 0 Å². The molecule has 0 aromatic rings. The van der Waals surface area contributed by atoms with Crippen molar-refractivity contribution in [1.29, 1.82) is 0 Å². The Morgan fingerprint density at radius 1 is 1.73 bits per heavy atom. The molecule has 0 radical (unpaired) electrons. The molecule has 1 amide bonds. The van der Waals surface area contributed by atoms with Gasteiger partial charge < -0.3 is 5.32 Å². The molecular formula is C11H18N2OS. The van der Waals surface area contributed by atoms with Gasteiger partial charge in [-0.05, 0) is 25.6 Å². The van der Waals surface area contributed by atoms with E-state index in [2.05, 4.69) is 18.8 Å². The van der Waals surface area contributed by atoms with Crippen LogP contribution >= 0.6 is 12.2 Å². The number of unbranched alkanes of at least 4 members (excludes halogenated alkanes) is 1. The van der Waals surface area contributed by atoms with Crippen molar-refractivity contribution >= 4 is 23.2 Å². The van der Waals surface area contributed by atoms with Crippen molar-refractivity contribution < 1.29 is 4.79 Å². The lowest BCUT2D eigenvalue weighted by Crippen LogP contribution is -2.37. The summed E-state index contributed by atoms with van der Waals surface area (Å²) in [5.74, 6) is 0.0841. The number of amides is 1. The van der Waals surface area contributed by atoms with Crippen LogP contribution in [-0.4, -0.2) is 28.0 Å². The van der Waals surface area contributed by atoms with Gasteiger partial charge in [0.15, 0.2) is 5.11 Å². The van der Waals surface area contributed by atoms with E-state index in [-0.39, 0.29) is 18.0 Å². The Labute approximate surface area is 96.5 Å². The lowest BCUT2D eigenvalue weighted by molar-refractivity contribution is -0.127. The lowest BCUT2D eigenvalue weighted by Gasteiger charge is -2.19. The Balaban J connectivity index is 2.66. The molecule has 1 saturated heterocycles. The van der Waals surface area contributed by atoms with E-state index in [0.29, 0.717) is 5.11 Å². The first-order valence-corrected chi connectivity index (χ1v) is 5.78. The zero-order chi connectivity index (χ0) is 11.4. The summed E-state index contributed by atoms with van der Waals surface area (Å²) in [4.78, 5) is 13.6. The SMILES string of the molecule is C=CC(C)N1C(=O)[C@H](CCCC)NC1=S. The van der Waals surface area contributed by atoms with E-state index in [0.717, 1.165) is 19.3 Å². The maximum Gasteiger partial charge on any atom is 0.251 e. The summed E-state index contributed by atoms with van der Waals surface area (Å²) in [6.07, 6.45) is 4.72. The van der Waals surface area contributed by atoms with Crippen molar-refractivity contribution in [2.24, 2.45) is 0 Å². The number of carbonyl (C=O) groups excluding carboxylic acids is 1.